The van der Waals surface area contributed by atoms with Crippen LogP contribution in [0.15, 0.2) is 30.9 Å². The number of aliphatic hydroxyl groups is 1. The Kier molecular flexibility index (Phi) is 3.54. The van der Waals surface area contributed by atoms with Gasteiger partial charge in [0.25, 0.3) is 0 Å². The van der Waals surface area contributed by atoms with Gasteiger partial charge >= 0.3 is 0 Å². The molecule has 76 valence electrons. The number of benzene rings is 1. The van der Waals surface area contributed by atoms with Gasteiger partial charge in [-0.3, -0.25) is 0 Å². The highest BCUT2D eigenvalue weighted by atomic mass is 16.5. The molecular weight excluding hydrogens is 180 g/mol. The lowest BCUT2D eigenvalue weighted by molar-refractivity contribution is 0.181. The van der Waals surface area contributed by atoms with Crippen LogP contribution in [0.2, 0.25) is 0 Å². The second-order valence-corrected chi connectivity index (χ2v) is 2.97. The van der Waals surface area contributed by atoms with Gasteiger partial charge in [0, 0.05) is 0 Å². The number of aromatic hydroxyl groups is 1. The Labute approximate surface area is 83.3 Å². The molecule has 3 heteroatoms. The van der Waals surface area contributed by atoms with Crippen molar-refractivity contribution in [2.24, 2.45) is 0 Å². The van der Waals surface area contributed by atoms with Gasteiger partial charge in [-0.15, -0.1) is 6.58 Å². The third-order valence-corrected chi connectivity index (χ3v) is 1.98. The molecule has 1 aromatic rings. The SMILES string of the molecule is C=CCC(O)c1ccc(O)c(OC)c1. The summed E-state index contributed by atoms with van der Waals surface area (Å²) < 4.78 is 4.93. The smallest absolute Gasteiger partial charge is 0.160 e. The molecule has 0 bridgehead atoms. The molecule has 0 saturated heterocycles. The van der Waals surface area contributed by atoms with Gasteiger partial charge in [0.05, 0.1) is 13.2 Å². The average molecular weight is 194 g/mol. The molecule has 1 atom stereocenters. The molecule has 0 spiro atoms. The van der Waals surface area contributed by atoms with Gasteiger partial charge in [0.2, 0.25) is 0 Å². The third-order valence-electron chi connectivity index (χ3n) is 1.98. The first-order valence-corrected chi connectivity index (χ1v) is 4.35. The highest BCUT2D eigenvalue weighted by molar-refractivity contribution is 5.42. The summed E-state index contributed by atoms with van der Waals surface area (Å²) in [5.41, 5.74) is 0.708. The van der Waals surface area contributed by atoms with E-state index in [2.05, 4.69) is 6.58 Å². The normalized spacial score (nSPS) is 12.1. The van der Waals surface area contributed by atoms with Gasteiger partial charge in [-0.25, -0.2) is 0 Å². The lowest BCUT2D eigenvalue weighted by Crippen LogP contribution is -1.96. The van der Waals surface area contributed by atoms with Crippen LogP contribution in [-0.4, -0.2) is 17.3 Å². The molecule has 0 saturated carbocycles. The molecule has 0 fully saturated rings. The molecule has 1 aromatic carbocycles. The van der Waals surface area contributed by atoms with Gasteiger partial charge in [-0.1, -0.05) is 12.1 Å². The van der Waals surface area contributed by atoms with Gasteiger partial charge < -0.3 is 14.9 Å². The first kappa shape index (κ1) is 10.6. The second kappa shape index (κ2) is 4.67. The number of rotatable bonds is 4. The largest absolute Gasteiger partial charge is 0.504 e. The fourth-order valence-corrected chi connectivity index (χ4v) is 1.20. The molecule has 0 heterocycles. The van der Waals surface area contributed by atoms with Crippen LogP contribution in [0.3, 0.4) is 0 Å². The summed E-state index contributed by atoms with van der Waals surface area (Å²) in [6.45, 7) is 3.55. The van der Waals surface area contributed by atoms with Crippen molar-refractivity contribution in [3.63, 3.8) is 0 Å². The van der Waals surface area contributed by atoms with Crippen LogP contribution in [0.4, 0.5) is 0 Å². The Morgan fingerprint density at radius 2 is 2.29 bits per heavy atom. The van der Waals surface area contributed by atoms with E-state index >= 15 is 0 Å². The quantitative estimate of drug-likeness (QED) is 0.721. The lowest BCUT2D eigenvalue weighted by atomic mass is 10.1. The fraction of sp³-hybridized carbons (Fsp3) is 0.273. The first-order chi connectivity index (χ1) is 6.69. The van der Waals surface area contributed by atoms with Crippen LogP contribution in [0.25, 0.3) is 0 Å². The molecule has 0 aliphatic carbocycles. The second-order valence-electron chi connectivity index (χ2n) is 2.97. The summed E-state index contributed by atoms with van der Waals surface area (Å²) >= 11 is 0. The Balaban J connectivity index is 2.93. The van der Waals surface area contributed by atoms with E-state index in [1.807, 2.05) is 0 Å². The molecule has 0 aliphatic rings. The summed E-state index contributed by atoms with van der Waals surface area (Å²) in [5, 5.41) is 18.9. The van der Waals surface area contributed by atoms with Gasteiger partial charge in [0.1, 0.15) is 0 Å². The Bertz CT molecular complexity index is 320. The van der Waals surface area contributed by atoms with Gasteiger partial charge in [0.15, 0.2) is 11.5 Å². The summed E-state index contributed by atoms with van der Waals surface area (Å²) in [6.07, 6.45) is 1.53. The van der Waals surface area contributed by atoms with Crippen LogP contribution >= 0.6 is 0 Å². The Morgan fingerprint density at radius 3 is 2.86 bits per heavy atom. The van der Waals surface area contributed by atoms with Crippen molar-refractivity contribution < 1.29 is 14.9 Å². The number of hydrogen-bond donors (Lipinski definition) is 2. The maximum Gasteiger partial charge on any atom is 0.160 e. The van der Waals surface area contributed by atoms with E-state index in [1.54, 1.807) is 18.2 Å². The minimum Gasteiger partial charge on any atom is -0.504 e. The topological polar surface area (TPSA) is 49.7 Å². The molecule has 3 nitrogen and oxygen atoms in total. The predicted octanol–water partition coefficient (Wildman–Crippen LogP) is 2.01. The average Bonchev–Trinajstić information content (AvgIpc) is 2.19. The molecule has 2 N–H and O–H groups in total. The van der Waals surface area contributed by atoms with Crippen molar-refractivity contribution in [2.75, 3.05) is 7.11 Å². The van der Waals surface area contributed by atoms with E-state index < -0.39 is 6.10 Å². The molecule has 0 aromatic heterocycles. The maximum atomic E-state index is 9.62. The van der Waals surface area contributed by atoms with Crippen molar-refractivity contribution in [3.05, 3.63) is 36.4 Å². The van der Waals surface area contributed by atoms with Crippen molar-refractivity contribution in [1.82, 2.24) is 0 Å². The number of phenols is 1. The molecule has 14 heavy (non-hydrogen) atoms. The Hall–Kier alpha value is -1.48. The molecule has 0 amide bonds. The minimum absolute atomic E-state index is 0.0713. The zero-order chi connectivity index (χ0) is 10.6. The van der Waals surface area contributed by atoms with Gasteiger partial charge in [-0.2, -0.15) is 0 Å². The van der Waals surface area contributed by atoms with Crippen molar-refractivity contribution in [1.29, 1.82) is 0 Å². The van der Waals surface area contributed by atoms with E-state index in [0.29, 0.717) is 17.7 Å². The first-order valence-electron chi connectivity index (χ1n) is 4.35. The Morgan fingerprint density at radius 1 is 1.57 bits per heavy atom. The molecule has 1 rings (SSSR count). The highest BCUT2D eigenvalue weighted by Gasteiger charge is 2.08. The van der Waals surface area contributed by atoms with Crippen molar-refractivity contribution in [2.45, 2.75) is 12.5 Å². The van der Waals surface area contributed by atoms with Crippen LogP contribution in [0.5, 0.6) is 11.5 Å². The molecule has 0 radical (unpaired) electrons. The predicted molar refractivity (Wildman–Crippen MR) is 54.4 cm³/mol. The summed E-state index contributed by atoms with van der Waals surface area (Å²) in [4.78, 5) is 0. The standard InChI is InChI=1S/C11H14O3/c1-3-4-9(12)8-5-6-10(13)11(7-8)14-2/h3,5-7,9,12-13H,1,4H2,2H3. The lowest BCUT2D eigenvalue weighted by Gasteiger charge is -2.10. The number of methoxy groups -OCH3 is 1. The highest BCUT2D eigenvalue weighted by Crippen LogP contribution is 2.29. The van der Waals surface area contributed by atoms with Crippen molar-refractivity contribution in [3.8, 4) is 11.5 Å². The zero-order valence-corrected chi connectivity index (χ0v) is 8.10. The van der Waals surface area contributed by atoms with E-state index in [1.165, 1.54) is 13.2 Å². The fourth-order valence-electron chi connectivity index (χ4n) is 1.20. The van der Waals surface area contributed by atoms with Crippen LogP contribution in [-0.2, 0) is 0 Å². The van der Waals surface area contributed by atoms with Gasteiger partial charge in [-0.05, 0) is 24.1 Å². The monoisotopic (exact) mass is 194 g/mol. The van der Waals surface area contributed by atoms with Crippen molar-refractivity contribution >= 4 is 0 Å². The summed E-state index contributed by atoms with van der Waals surface area (Å²) in [5.74, 6) is 0.438. The molecular formula is C11H14O3. The maximum absolute atomic E-state index is 9.62. The van der Waals surface area contributed by atoms with Crippen LogP contribution in [0.1, 0.15) is 18.1 Å². The van der Waals surface area contributed by atoms with E-state index in [0.717, 1.165) is 0 Å². The molecule has 1 unspecified atom stereocenters. The van der Waals surface area contributed by atoms with E-state index in [9.17, 15) is 10.2 Å². The third kappa shape index (κ3) is 2.26. The van der Waals surface area contributed by atoms with Crippen LogP contribution < -0.4 is 4.74 Å². The summed E-state index contributed by atoms with van der Waals surface area (Å²) in [7, 11) is 1.47. The van der Waals surface area contributed by atoms with E-state index in [-0.39, 0.29) is 5.75 Å². The molecule has 0 aliphatic heterocycles. The number of hydrogen-bond acceptors (Lipinski definition) is 3. The minimum atomic E-state index is -0.595. The summed E-state index contributed by atoms with van der Waals surface area (Å²) in [6, 6.07) is 4.77. The number of ether oxygens (including phenoxy) is 1. The van der Waals surface area contributed by atoms with Crippen LogP contribution in [0, 0.1) is 0 Å². The zero-order valence-electron chi connectivity index (χ0n) is 8.10. The number of phenolic OH excluding ortho intramolecular Hbond substituents is 1. The van der Waals surface area contributed by atoms with E-state index in [4.69, 9.17) is 4.74 Å². The number of aliphatic hydroxyl groups excluding tert-OH is 1.